The Labute approximate surface area is 199 Å². The van der Waals surface area contributed by atoms with Gasteiger partial charge in [-0.2, -0.15) is 0 Å². The molecule has 2 bridgehead atoms. The molecule has 2 heterocycles. The molecule has 34 heavy (non-hydrogen) atoms. The van der Waals surface area contributed by atoms with Gasteiger partial charge in [0.25, 0.3) is 0 Å². The van der Waals surface area contributed by atoms with Crippen LogP contribution in [0.15, 0.2) is 84.9 Å². The first-order valence-electron chi connectivity index (χ1n) is 11.6. The van der Waals surface area contributed by atoms with Crippen molar-refractivity contribution < 1.29 is 28.1 Å². The van der Waals surface area contributed by atoms with Crippen LogP contribution in [0.25, 0.3) is 0 Å². The van der Waals surface area contributed by atoms with Gasteiger partial charge in [0.2, 0.25) is 6.36 Å². The normalized spacial score (nSPS) is 27.0. The Morgan fingerprint density at radius 3 is 1.91 bits per heavy atom. The van der Waals surface area contributed by atoms with E-state index in [0.717, 1.165) is 22.3 Å². The topological polar surface area (TPSA) is 46.2 Å². The smallest absolute Gasteiger partial charge is 0.228 e. The van der Waals surface area contributed by atoms with Gasteiger partial charge in [-0.05, 0) is 22.3 Å². The molecule has 2 aliphatic rings. The zero-order chi connectivity index (χ0) is 23.2. The predicted molar refractivity (Wildman–Crippen MR) is 124 cm³/mol. The van der Waals surface area contributed by atoms with Crippen LogP contribution in [0, 0.1) is 0 Å². The summed E-state index contributed by atoms with van der Waals surface area (Å²) in [4.78, 5) is 0. The number of fused-ring (bicyclic) bond motifs is 3. The van der Waals surface area contributed by atoms with E-state index in [2.05, 4.69) is 0 Å². The molecular formula is C28H29FO5. The summed E-state index contributed by atoms with van der Waals surface area (Å²) in [6.45, 7) is 1.50. The highest BCUT2D eigenvalue weighted by molar-refractivity contribution is 5.26. The molecule has 0 amide bonds. The lowest BCUT2D eigenvalue weighted by molar-refractivity contribution is -0.299. The zero-order valence-electron chi connectivity index (χ0n) is 18.9. The lowest BCUT2D eigenvalue weighted by atomic mass is 9.98. The van der Waals surface area contributed by atoms with Gasteiger partial charge in [0.15, 0.2) is 0 Å². The van der Waals surface area contributed by atoms with Crippen LogP contribution in [-0.4, -0.2) is 37.4 Å². The maximum atomic E-state index is 15.3. The largest absolute Gasteiger partial charge is 0.374 e. The number of halogens is 1. The minimum Gasteiger partial charge on any atom is -0.374 e. The fourth-order valence-corrected chi connectivity index (χ4v) is 4.41. The minimum atomic E-state index is -1.66. The summed E-state index contributed by atoms with van der Waals surface area (Å²) in [7, 11) is 0. The molecule has 6 heteroatoms. The first-order chi connectivity index (χ1) is 16.8. The van der Waals surface area contributed by atoms with Gasteiger partial charge in [-0.25, -0.2) is 4.39 Å². The molecule has 0 saturated carbocycles. The van der Waals surface area contributed by atoms with Crippen molar-refractivity contribution in [1.29, 1.82) is 0 Å². The van der Waals surface area contributed by atoms with Crippen molar-refractivity contribution >= 4 is 0 Å². The van der Waals surface area contributed by atoms with Gasteiger partial charge in [-0.15, -0.1) is 0 Å². The van der Waals surface area contributed by atoms with Crippen LogP contribution in [-0.2, 0) is 50.1 Å². The Bertz CT molecular complexity index is 1030. The average Bonchev–Trinajstić information content (AvgIpc) is 2.88. The summed E-state index contributed by atoms with van der Waals surface area (Å²) >= 11 is 0. The van der Waals surface area contributed by atoms with Gasteiger partial charge in [0, 0.05) is 0 Å². The Balaban J connectivity index is 1.40. The summed E-state index contributed by atoms with van der Waals surface area (Å²) in [5.41, 5.74) is 4.02. The van der Waals surface area contributed by atoms with Crippen molar-refractivity contribution in [2.24, 2.45) is 0 Å². The van der Waals surface area contributed by atoms with Crippen LogP contribution in [0.4, 0.5) is 4.39 Å². The van der Waals surface area contributed by atoms with E-state index in [4.69, 9.17) is 23.7 Å². The molecule has 0 spiro atoms. The maximum Gasteiger partial charge on any atom is 0.228 e. The van der Waals surface area contributed by atoms with Crippen LogP contribution in [0.3, 0.4) is 0 Å². The van der Waals surface area contributed by atoms with E-state index in [9.17, 15) is 0 Å². The van der Waals surface area contributed by atoms with Crippen LogP contribution in [0.1, 0.15) is 22.3 Å². The monoisotopic (exact) mass is 464 g/mol. The third-order valence-electron chi connectivity index (χ3n) is 6.24. The Morgan fingerprint density at radius 1 is 0.706 bits per heavy atom. The van der Waals surface area contributed by atoms with E-state index in [1.807, 2.05) is 84.9 Å². The van der Waals surface area contributed by atoms with E-state index in [0.29, 0.717) is 19.8 Å². The Hall–Kier alpha value is -2.61. The summed E-state index contributed by atoms with van der Waals surface area (Å²) in [5.74, 6) is 0. The highest BCUT2D eigenvalue weighted by Gasteiger charge is 2.49. The standard InChI is InChI=1S/C28H29FO5/c29-28-27(32-16-21-11-5-2-6-12-21)26-25(31-15-20-9-3-1-4-10-20)24(34-28)19-30-17-22-13-7-8-14-23(22)18-33-26/h1-14,24-28H,15-19H2. The second-order valence-corrected chi connectivity index (χ2v) is 8.61. The molecule has 5 unspecified atom stereocenters. The number of ether oxygens (including phenoxy) is 5. The molecule has 1 saturated heterocycles. The summed E-state index contributed by atoms with van der Waals surface area (Å²) < 4.78 is 45.8. The molecule has 3 aromatic carbocycles. The zero-order valence-corrected chi connectivity index (χ0v) is 18.9. The first-order valence-corrected chi connectivity index (χ1v) is 11.6. The molecule has 178 valence electrons. The molecule has 0 aromatic heterocycles. The van der Waals surface area contributed by atoms with E-state index in [1.165, 1.54) is 0 Å². The van der Waals surface area contributed by atoms with Crippen molar-refractivity contribution in [3.63, 3.8) is 0 Å². The van der Waals surface area contributed by atoms with Crippen molar-refractivity contribution in [2.75, 3.05) is 6.61 Å². The minimum absolute atomic E-state index is 0.194. The lowest BCUT2D eigenvalue weighted by Gasteiger charge is -2.44. The van der Waals surface area contributed by atoms with Crippen LogP contribution >= 0.6 is 0 Å². The van der Waals surface area contributed by atoms with Gasteiger partial charge in [-0.3, -0.25) is 0 Å². The molecule has 0 radical (unpaired) electrons. The summed E-state index contributed by atoms with van der Waals surface area (Å²) in [5, 5.41) is 0. The number of hydrogen-bond acceptors (Lipinski definition) is 5. The second-order valence-electron chi connectivity index (χ2n) is 8.61. The van der Waals surface area contributed by atoms with Crippen LogP contribution < -0.4 is 0 Å². The van der Waals surface area contributed by atoms with E-state index < -0.39 is 30.8 Å². The van der Waals surface area contributed by atoms with Gasteiger partial charge < -0.3 is 23.7 Å². The number of rotatable bonds is 6. The van der Waals surface area contributed by atoms with Crippen LogP contribution in [0.2, 0.25) is 0 Å². The average molecular weight is 465 g/mol. The van der Waals surface area contributed by atoms with E-state index >= 15 is 4.39 Å². The van der Waals surface area contributed by atoms with Gasteiger partial charge in [0.05, 0.1) is 33.0 Å². The number of alkyl halides is 1. The summed E-state index contributed by atoms with van der Waals surface area (Å²) in [6, 6.07) is 27.5. The van der Waals surface area contributed by atoms with Crippen LogP contribution in [0.5, 0.6) is 0 Å². The SMILES string of the molecule is FC1OC2COCc3ccccc3COC(C1OCc1ccccc1)C2OCc1ccccc1. The Kier molecular flexibility index (Phi) is 7.63. The highest BCUT2D eigenvalue weighted by Crippen LogP contribution is 2.32. The molecule has 5 atom stereocenters. The molecule has 0 aliphatic carbocycles. The highest BCUT2D eigenvalue weighted by atomic mass is 19.1. The van der Waals surface area contributed by atoms with E-state index in [1.54, 1.807) is 0 Å². The molecular weight excluding hydrogens is 435 g/mol. The third-order valence-corrected chi connectivity index (χ3v) is 6.24. The molecule has 0 N–H and O–H groups in total. The van der Waals surface area contributed by atoms with Crippen molar-refractivity contribution in [3.05, 3.63) is 107 Å². The molecule has 2 aliphatic heterocycles. The fourth-order valence-electron chi connectivity index (χ4n) is 4.41. The second kappa shape index (κ2) is 11.2. The quantitative estimate of drug-likeness (QED) is 0.516. The molecule has 3 aromatic rings. The molecule has 1 fully saturated rings. The van der Waals surface area contributed by atoms with Gasteiger partial charge in [-0.1, -0.05) is 84.9 Å². The maximum absolute atomic E-state index is 15.3. The molecule has 5 nitrogen and oxygen atoms in total. The van der Waals surface area contributed by atoms with E-state index in [-0.39, 0.29) is 13.2 Å². The fraction of sp³-hybridized carbons (Fsp3) is 0.357. The molecule has 5 rings (SSSR count). The summed E-state index contributed by atoms with van der Waals surface area (Å²) in [6.07, 6.45) is -4.45. The first kappa shape index (κ1) is 23.1. The number of hydrogen-bond donors (Lipinski definition) is 0. The van der Waals surface area contributed by atoms with Crippen molar-refractivity contribution in [1.82, 2.24) is 0 Å². The number of benzene rings is 3. The lowest BCUT2D eigenvalue weighted by Crippen LogP contribution is -2.60. The van der Waals surface area contributed by atoms with Gasteiger partial charge in [0.1, 0.15) is 24.4 Å². The predicted octanol–water partition coefficient (Wildman–Crippen LogP) is 4.97. The van der Waals surface area contributed by atoms with Crippen molar-refractivity contribution in [3.8, 4) is 0 Å². The third kappa shape index (κ3) is 5.54. The Morgan fingerprint density at radius 2 is 1.26 bits per heavy atom. The van der Waals surface area contributed by atoms with Crippen molar-refractivity contribution in [2.45, 2.75) is 57.2 Å². The van der Waals surface area contributed by atoms with Gasteiger partial charge >= 0.3 is 0 Å².